The number of hydrogen-bond donors (Lipinski definition) is 0. The van der Waals surface area contributed by atoms with Gasteiger partial charge >= 0.3 is 0 Å². The molecule has 6 rings (SSSR count). The first-order chi connectivity index (χ1) is 19.1. The highest BCUT2D eigenvalue weighted by Gasteiger charge is 2.44. The van der Waals surface area contributed by atoms with Gasteiger partial charge in [-0.15, -0.1) is 0 Å². The third-order valence-corrected chi connectivity index (χ3v) is 13.0. The van der Waals surface area contributed by atoms with Crippen LogP contribution < -0.4 is 0 Å². The minimum atomic E-state index is -2.14. The Morgan fingerprint density at radius 1 is 0.744 bits per heavy atom. The van der Waals surface area contributed by atoms with Crippen molar-refractivity contribution in [2.75, 3.05) is 52.5 Å². The molecule has 0 saturated carbocycles. The van der Waals surface area contributed by atoms with Crippen LogP contribution in [0.1, 0.15) is 61.6 Å². The molecule has 3 heterocycles. The summed E-state index contributed by atoms with van der Waals surface area (Å²) in [5.74, 6) is 0. The summed E-state index contributed by atoms with van der Waals surface area (Å²) >= 11 is 0. The first kappa shape index (κ1) is 27.0. The summed E-state index contributed by atoms with van der Waals surface area (Å²) in [6.45, 7) is 12.6. The maximum Gasteiger partial charge on any atom is 0.130 e. The van der Waals surface area contributed by atoms with E-state index in [1.165, 1.54) is 65.8 Å². The molecule has 39 heavy (non-hydrogen) atoms. The SMILES string of the molecule is Cc1ccc(N=P(C2=C(N3CCOCC3)C(=Cc3ccccc3)CCC2)(N2CCCC2)N2CCCC2)cc1C. The van der Waals surface area contributed by atoms with Crippen LogP contribution >= 0.6 is 7.36 Å². The molecule has 3 aliphatic heterocycles. The van der Waals surface area contributed by atoms with Gasteiger partial charge in [-0.05, 0) is 99.3 Å². The monoisotopic (exact) mass is 544 g/mol. The summed E-state index contributed by atoms with van der Waals surface area (Å²) in [6, 6.07) is 17.8. The molecule has 0 unspecified atom stereocenters. The van der Waals surface area contributed by atoms with E-state index >= 15 is 0 Å². The fourth-order valence-electron chi connectivity index (χ4n) is 6.84. The quantitative estimate of drug-likeness (QED) is 0.345. The second-order valence-corrected chi connectivity index (χ2v) is 14.6. The van der Waals surface area contributed by atoms with E-state index in [1.807, 2.05) is 0 Å². The Kier molecular flexibility index (Phi) is 8.41. The van der Waals surface area contributed by atoms with Crippen molar-refractivity contribution in [2.24, 2.45) is 4.74 Å². The van der Waals surface area contributed by atoms with Gasteiger partial charge in [0.25, 0.3) is 0 Å². The normalized spacial score (nSPS) is 22.7. The number of rotatable bonds is 6. The van der Waals surface area contributed by atoms with Crippen LogP contribution in [0, 0.1) is 13.8 Å². The van der Waals surface area contributed by atoms with E-state index in [0.29, 0.717) is 0 Å². The van der Waals surface area contributed by atoms with Gasteiger partial charge in [-0.25, -0.2) is 4.74 Å². The van der Waals surface area contributed by atoms with Crippen LogP contribution in [-0.2, 0) is 4.74 Å². The van der Waals surface area contributed by atoms with Crippen LogP contribution in [-0.4, -0.2) is 66.7 Å². The summed E-state index contributed by atoms with van der Waals surface area (Å²) in [6.07, 6.45) is 11.1. The minimum Gasteiger partial charge on any atom is -0.378 e. The molecule has 0 aromatic heterocycles. The second-order valence-electron chi connectivity index (χ2n) is 11.6. The highest BCUT2D eigenvalue weighted by Crippen LogP contribution is 2.69. The van der Waals surface area contributed by atoms with E-state index in [2.05, 4.69) is 82.7 Å². The molecule has 2 aromatic rings. The lowest BCUT2D eigenvalue weighted by molar-refractivity contribution is 0.0539. The molecule has 208 valence electrons. The van der Waals surface area contributed by atoms with E-state index in [0.717, 1.165) is 65.3 Å². The van der Waals surface area contributed by atoms with Crippen LogP contribution in [0.5, 0.6) is 0 Å². The van der Waals surface area contributed by atoms with Crippen LogP contribution in [0.3, 0.4) is 0 Å². The topological polar surface area (TPSA) is 31.3 Å². The Labute approximate surface area is 235 Å². The van der Waals surface area contributed by atoms with E-state index in [1.54, 1.807) is 5.31 Å². The van der Waals surface area contributed by atoms with Crippen LogP contribution in [0.25, 0.3) is 6.08 Å². The number of ether oxygens (including phenoxy) is 1. The lowest BCUT2D eigenvalue weighted by Crippen LogP contribution is -2.39. The molecule has 0 bridgehead atoms. The van der Waals surface area contributed by atoms with Gasteiger partial charge in [0.2, 0.25) is 0 Å². The van der Waals surface area contributed by atoms with Gasteiger partial charge in [-0.1, -0.05) is 36.4 Å². The first-order valence-corrected chi connectivity index (χ1v) is 16.8. The Morgan fingerprint density at radius 2 is 1.41 bits per heavy atom. The average molecular weight is 545 g/mol. The van der Waals surface area contributed by atoms with Gasteiger partial charge in [-0.3, -0.25) is 9.34 Å². The zero-order valence-corrected chi connectivity index (χ0v) is 24.8. The largest absolute Gasteiger partial charge is 0.378 e. The van der Waals surface area contributed by atoms with Crippen molar-refractivity contribution in [2.45, 2.75) is 58.8 Å². The molecule has 3 saturated heterocycles. The predicted octanol–water partition coefficient (Wildman–Crippen LogP) is 7.97. The summed E-state index contributed by atoms with van der Waals surface area (Å²) in [5.41, 5.74) is 8.16. The molecule has 0 spiro atoms. The lowest BCUT2D eigenvalue weighted by atomic mass is 9.94. The van der Waals surface area contributed by atoms with Crippen molar-refractivity contribution in [3.63, 3.8) is 0 Å². The Bertz CT molecular complexity index is 1250. The number of nitrogens with zero attached hydrogens (tertiary/aromatic N) is 4. The summed E-state index contributed by atoms with van der Waals surface area (Å²) < 4.78 is 17.6. The molecule has 0 radical (unpaired) electrons. The molecule has 0 N–H and O–H groups in total. The van der Waals surface area contributed by atoms with Gasteiger partial charge in [-0.2, -0.15) is 0 Å². The van der Waals surface area contributed by atoms with Crippen molar-refractivity contribution < 1.29 is 4.74 Å². The molecule has 0 amide bonds. The van der Waals surface area contributed by atoms with Crippen molar-refractivity contribution in [1.82, 2.24) is 14.2 Å². The standard InChI is InChI=1S/C33H45N4OP/c1-27-15-16-31(25-28(27)2)34-39(36-17-6-7-18-36,37-19-8-9-20-37)32-14-10-13-30(26-29-11-4-3-5-12-29)33(32)35-21-23-38-24-22-35/h3-5,11-12,15-16,25-26H,6-10,13-14,17-24H2,1-2H3. The third-order valence-electron chi connectivity index (χ3n) is 8.97. The van der Waals surface area contributed by atoms with Crippen LogP contribution in [0.2, 0.25) is 0 Å². The van der Waals surface area contributed by atoms with E-state index in [4.69, 9.17) is 9.48 Å². The highest BCUT2D eigenvalue weighted by molar-refractivity contribution is 7.66. The van der Waals surface area contributed by atoms with Crippen molar-refractivity contribution in [1.29, 1.82) is 0 Å². The lowest BCUT2D eigenvalue weighted by Gasteiger charge is -2.46. The van der Waals surface area contributed by atoms with Crippen LogP contribution in [0.4, 0.5) is 5.69 Å². The molecule has 1 aliphatic carbocycles. The molecule has 4 aliphatic rings. The molecule has 3 fully saturated rings. The van der Waals surface area contributed by atoms with Gasteiger partial charge in [0.1, 0.15) is 7.36 Å². The maximum absolute atomic E-state index is 5.99. The van der Waals surface area contributed by atoms with Crippen molar-refractivity contribution in [3.8, 4) is 0 Å². The van der Waals surface area contributed by atoms with Crippen LogP contribution in [0.15, 0.2) is 69.9 Å². The Balaban J connectivity index is 1.63. The smallest absolute Gasteiger partial charge is 0.130 e. The van der Waals surface area contributed by atoms with E-state index in [-0.39, 0.29) is 0 Å². The molecule has 6 heteroatoms. The average Bonchev–Trinajstić information content (AvgIpc) is 3.71. The minimum absolute atomic E-state index is 0.808. The fraction of sp³-hybridized carbons (Fsp3) is 0.515. The van der Waals surface area contributed by atoms with Crippen molar-refractivity contribution in [3.05, 3.63) is 81.8 Å². The fourth-order valence-corrected chi connectivity index (χ4v) is 11.4. The number of morpholine rings is 1. The Morgan fingerprint density at radius 3 is 2.05 bits per heavy atom. The summed E-state index contributed by atoms with van der Waals surface area (Å²) in [5, 5.41) is 1.64. The van der Waals surface area contributed by atoms with E-state index in [9.17, 15) is 0 Å². The molecular formula is C33H45N4OP. The summed E-state index contributed by atoms with van der Waals surface area (Å²) in [7, 11) is -2.14. The van der Waals surface area contributed by atoms with Gasteiger partial charge in [0.05, 0.1) is 18.9 Å². The zero-order chi connectivity index (χ0) is 26.7. The second kappa shape index (κ2) is 12.1. The Hall–Kier alpha value is -2.17. The van der Waals surface area contributed by atoms with Gasteiger partial charge < -0.3 is 9.64 Å². The number of hydrogen-bond acceptors (Lipinski definition) is 3. The highest BCUT2D eigenvalue weighted by atomic mass is 31.2. The number of aryl methyl sites for hydroxylation is 2. The summed E-state index contributed by atoms with van der Waals surface area (Å²) in [4.78, 5) is 2.67. The van der Waals surface area contributed by atoms with Gasteiger partial charge in [0.15, 0.2) is 0 Å². The van der Waals surface area contributed by atoms with Gasteiger partial charge in [0, 0.05) is 50.3 Å². The van der Waals surface area contributed by atoms with Crippen molar-refractivity contribution >= 4 is 19.1 Å². The number of allylic oxidation sites excluding steroid dienone is 2. The molecule has 0 atom stereocenters. The third kappa shape index (κ3) is 5.57. The predicted molar refractivity (Wildman–Crippen MR) is 164 cm³/mol. The molecule has 2 aromatic carbocycles. The molecule has 5 nitrogen and oxygen atoms in total. The number of benzene rings is 2. The first-order valence-electron chi connectivity index (χ1n) is 15.2. The maximum atomic E-state index is 5.99. The zero-order valence-electron chi connectivity index (χ0n) is 23.9. The van der Waals surface area contributed by atoms with E-state index < -0.39 is 7.36 Å². The molecular weight excluding hydrogens is 499 g/mol.